The fourth-order valence-electron chi connectivity index (χ4n) is 3.26. The van der Waals surface area contributed by atoms with Gasteiger partial charge >= 0.3 is 6.18 Å². The summed E-state index contributed by atoms with van der Waals surface area (Å²) < 4.78 is 45.5. The Morgan fingerprint density at radius 3 is 2.44 bits per heavy atom. The largest absolute Gasteiger partial charge is 0.493 e. The SMILES string of the molecule is CCN(CC)C(=O)c1ccc(NC(=O)c2nn(-c3cccc(C(F)(F)F)c3)cc2OC)cc1Cl. The Balaban J connectivity index is 1.85. The number of rotatable bonds is 7. The lowest BCUT2D eigenvalue weighted by Gasteiger charge is -2.19. The third kappa shape index (κ3) is 5.33. The number of methoxy groups -OCH3 is 1. The molecule has 0 saturated carbocycles. The fourth-order valence-corrected chi connectivity index (χ4v) is 3.52. The second-order valence-electron chi connectivity index (χ2n) is 7.16. The Hall–Kier alpha value is -3.53. The van der Waals surface area contributed by atoms with E-state index in [1.807, 2.05) is 13.8 Å². The molecule has 0 aliphatic heterocycles. The Bertz CT molecular complexity index is 1210. The van der Waals surface area contributed by atoms with Gasteiger partial charge in [-0.15, -0.1) is 0 Å². The minimum absolute atomic E-state index is 0.0642. The number of ether oxygens (including phenoxy) is 1. The number of carbonyl (C=O) groups excluding carboxylic acids is 2. The van der Waals surface area contributed by atoms with Gasteiger partial charge in [0, 0.05) is 18.8 Å². The van der Waals surface area contributed by atoms with Crippen LogP contribution in [0.25, 0.3) is 5.69 Å². The Labute approximate surface area is 199 Å². The number of nitrogens with one attached hydrogen (secondary N) is 1. The second kappa shape index (κ2) is 10.2. The molecule has 0 fully saturated rings. The molecular formula is C23H22ClF3N4O3. The van der Waals surface area contributed by atoms with Crippen LogP contribution in [0.15, 0.2) is 48.7 Å². The van der Waals surface area contributed by atoms with Crippen LogP contribution in [0.2, 0.25) is 5.02 Å². The van der Waals surface area contributed by atoms with Crippen molar-refractivity contribution < 1.29 is 27.5 Å². The average Bonchev–Trinajstić information content (AvgIpc) is 3.24. The van der Waals surface area contributed by atoms with Crippen LogP contribution >= 0.6 is 11.6 Å². The van der Waals surface area contributed by atoms with E-state index in [-0.39, 0.29) is 28.1 Å². The Morgan fingerprint density at radius 2 is 1.85 bits per heavy atom. The molecule has 0 aliphatic carbocycles. The zero-order chi connectivity index (χ0) is 25.0. The Kier molecular flexibility index (Phi) is 7.51. The van der Waals surface area contributed by atoms with Gasteiger partial charge < -0.3 is 15.0 Å². The quantitative estimate of drug-likeness (QED) is 0.484. The van der Waals surface area contributed by atoms with Crippen molar-refractivity contribution in [3.63, 3.8) is 0 Å². The number of benzene rings is 2. The molecule has 0 bridgehead atoms. The zero-order valence-electron chi connectivity index (χ0n) is 18.6. The first-order valence-electron chi connectivity index (χ1n) is 10.3. The number of halogens is 4. The van der Waals surface area contributed by atoms with Crippen LogP contribution in [0.3, 0.4) is 0 Å². The van der Waals surface area contributed by atoms with E-state index in [1.165, 1.54) is 43.6 Å². The third-order valence-electron chi connectivity index (χ3n) is 5.06. The van der Waals surface area contributed by atoms with Gasteiger partial charge in [0.25, 0.3) is 11.8 Å². The number of carbonyl (C=O) groups is 2. The average molecular weight is 495 g/mol. The number of amides is 2. The number of nitrogens with zero attached hydrogens (tertiary/aromatic N) is 3. The molecule has 2 amide bonds. The molecule has 3 rings (SSSR count). The van der Waals surface area contributed by atoms with E-state index in [9.17, 15) is 22.8 Å². The van der Waals surface area contributed by atoms with Gasteiger partial charge in [-0.05, 0) is 50.2 Å². The first-order chi connectivity index (χ1) is 16.1. The molecule has 1 N–H and O–H groups in total. The van der Waals surface area contributed by atoms with Gasteiger partial charge in [0.15, 0.2) is 11.4 Å². The smallest absolute Gasteiger partial charge is 0.416 e. The molecule has 11 heteroatoms. The van der Waals surface area contributed by atoms with Crippen LogP contribution in [-0.4, -0.2) is 46.7 Å². The molecule has 34 heavy (non-hydrogen) atoms. The summed E-state index contributed by atoms with van der Waals surface area (Å²) in [6.45, 7) is 4.77. The molecule has 180 valence electrons. The van der Waals surface area contributed by atoms with Crippen molar-refractivity contribution in [3.05, 3.63) is 70.5 Å². The zero-order valence-corrected chi connectivity index (χ0v) is 19.4. The highest BCUT2D eigenvalue weighted by atomic mass is 35.5. The lowest BCUT2D eigenvalue weighted by atomic mass is 10.1. The molecule has 0 spiro atoms. The monoisotopic (exact) mass is 494 g/mol. The second-order valence-corrected chi connectivity index (χ2v) is 7.57. The van der Waals surface area contributed by atoms with Crippen molar-refractivity contribution in [2.45, 2.75) is 20.0 Å². The molecule has 7 nitrogen and oxygen atoms in total. The van der Waals surface area contributed by atoms with Crippen LogP contribution in [0.5, 0.6) is 5.75 Å². The number of anilines is 1. The maximum atomic E-state index is 13.0. The van der Waals surface area contributed by atoms with Crippen molar-refractivity contribution >= 4 is 29.1 Å². The summed E-state index contributed by atoms with van der Waals surface area (Å²) in [5, 5.41) is 6.88. The minimum Gasteiger partial charge on any atom is -0.493 e. The van der Waals surface area contributed by atoms with Crippen LogP contribution in [0, 0.1) is 0 Å². The summed E-state index contributed by atoms with van der Waals surface area (Å²) in [7, 11) is 1.31. The highest BCUT2D eigenvalue weighted by molar-refractivity contribution is 6.34. The third-order valence-corrected chi connectivity index (χ3v) is 5.37. The summed E-state index contributed by atoms with van der Waals surface area (Å²) >= 11 is 6.27. The lowest BCUT2D eigenvalue weighted by molar-refractivity contribution is -0.137. The molecule has 0 radical (unpaired) electrons. The predicted molar refractivity (Wildman–Crippen MR) is 122 cm³/mol. The van der Waals surface area contributed by atoms with Crippen molar-refractivity contribution in [2.75, 3.05) is 25.5 Å². The number of hydrogen-bond donors (Lipinski definition) is 1. The molecule has 0 saturated heterocycles. The molecule has 0 aliphatic rings. The first-order valence-corrected chi connectivity index (χ1v) is 10.7. The van der Waals surface area contributed by atoms with Crippen LogP contribution in [0.4, 0.5) is 18.9 Å². The first kappa shape index (κ1) is 25.1. The van der Waals surface area contributed by atoms with Gasteiger partial charge in [-0.25, -0.2) is 4.68 Å². The van der Waals surface area contributed by atoms with Gasteiger partial charge in [0.2, 0.25) is 0 Å². The van der Waals surface area contributed by atoms with Gasteiger partial charge in [-0.3, -0.25) is 9.59 Å². The van der Waals surface area contributed by atoms with Crippen molar-refractivity contribution in [2.24, 2.45) is 0 Å². The van der Waals surface area contributed by atoms with Crippen LogP contribution in [-0.2, 0) is 6.18 Å². The predicted octanol–water partition coefficient (Wildman–Crippen LogP) is 5.29. The van der Waals surface area contributed by atoms with Gasteiger partial charge in [0.05, 0.1) is 35.1 Å². The van der Waals surface area contributed by atoms with E-state index in [1.54, 1.807) is 4.90 Å². The highest BCUT2D eigenvalue weighted by Crippen LogP contribution is 2.31. The number of aromatic nitrogens is 2. The van der Waals surface area contributed by atoms with E-state index >= 15 is 0 Å². The minimum atomic E-state index is -4.52. The molecule has 0 atom stereocenters. The van der Waals surface area contributed by atoms with E-state index < -0.39 is 17.6 Å². The molecule has 1 heterocycles. The van der Waals surface area contributed by atoms with E-state index in [4.69, 9.17) is 16.3 Å². The fraction of sp³-hybridized carbons (Fsp3) is 0.261. The number of hydrogen-bond acceptors (Lipinski definition) is 4. The summed E-state index contributed by atoms with van der Waals surface area (Å²) in [6.07, 6.45) is -3.21. The van der Waals surface area contributed by atoms with Gasteiger partial charge in [-0.1, -0.05) is 17.7 Å². The molecule has 0 unspecified atom stereocenters. The maximum Gasteiger partial charge on any atom is 0.416 e. The molecule has 3 aromatic rings. The Morgan fingerprint density at radius 1 is 1.15 bits per heavy atom. The van der Waals surface area contributed by atoms with E-state index in [2.05, 4.69) is 10.4 Å². The molecule has 2 aromatic carbocycles. The van der Waals surface area contributed by atoms with Crippen LogP contribution < -0.4 is 10.1 Å². The summed E-state index contributed by atoms with van der Waals surface area (Å²) in [4.78, 5) is 27.0. The summed E-state index contributed by atoms with van der Waals surface area (Å²) in [6, 6.07) is 9.00. The van der Waals surface area contributed by atoms with E-state index in [0.717, 1.165) is 16.8 Å². The van der Waals surface area contributed by atoms with Crippen molar-refractivity contribution in [3.8, 4) is 11.4 Å². The molecule has 1 aromatic heterocycles. The standard InChI is InChI=1S/C23H22ClF3N4O3/c1-4-30(5-2)22(33)17-10-9-15(12-18(17)24)28-21(32)20-19(34-3)13-31(29-20)16-8-6-7-14(11-16)23(25,26)27/h6-13H,4-5H2,1-3H3,(H,28,32). The summed E-state index contributed by atoms with van der Waals surface area (Å²) in [5.74, 6) is -0.829. The van der Waals surface area contributed by atoms with E-state index in [0.29, 0.717) is 24.3 Å². The van der Waals surface area contributed by atoms with Gasteiger partial charge in [-0.2, -0.15) is 18.3 Å². The van der Waals surface area contributed by atoms with Crippen LogP contribution in [0.1, 0.15) is 40.3 Å². The van der Waals surface area contributed by atoms with Crippen molar-refractivity contribution in [1.29, 1.82) is 0 Å². The highest BCUT2D eigenvalue weighted by Gasteiger charge is 2.31. The maximum absolute atomic E-state index is 13.0. The van der Waals surface area contributed by atoms with Gasteiger partial charge in [0.1, 0.15) is 0 Å². The topological polar surface area (TPSA) is 76.5 Å². The number of alkyl halides is 3. The lowest BCUT2D eigenvalue weighted by Crippen LogP contribution is -2.30. The molecular weight excluding hydrogens is 473 g/mol. The normalized spacial score (nSPS) is 11.3. The van der Waals surface area contributed by atoms with Crippen molar-refractivity contribution in [1.82, 2.24) is 14.7 Å². The summed E-state index contributed by atoms with van der Waals surface area (Å²) in [5.41, 5.74) is -0.273.